The fourth-order valence-electron chi connectivity index (χ4n) is 2.30. The number of nitrogens with two attached hydrogens (primary N) is 1. The molecule has 1 aliphatic heterocycles. The van der Waals surface area contributed by atoms with Crippen molar-refractivity contribution in [3.63, 3.8) is 0 Å². The lowest BCUT2D eigenvalue weighted by atomic mass is 10.1. The van der Waals surface area contributed by atoms with E-state index in [0.29, 0.717) is 18.9 Å². The van der Waals surface area contributed by atoms with Gasteiger partial charge in [-0.15, -0.1) is 0 Å². The van der Waals surface area contributed by atoms with Crippen LogP contribution in [0.25, 0.3) is 0 Å². The number of hydrogen-bond acceptors (Lipinski definition) is 6. The Morgan fingerprint density at radius 3 is 2.58 bits per heavy atom. The standard InChI is InChI=1S/C11H13NO3.C5H14BNO2/c13-11(14)10-6-9(7-12-10)15-8-4-2-1-3-5-8;1-4(2)3-5(7)9-6-8/h1-5,9-10,12H,6-7H2,(H,13,14);4-6,8H,3,7H2,1-2H3/t9-,10+;5-/m11/s1. The highest BCUT2D eigenvalue weighted by molar-refractivity contribution is 6.15. The summed E-state index contributed by atoms with van der Waals surface area (Å²) in [5.74, 6) is 0.496. The van der Waals surface area contributed by atoms with Crippen molar-refractivity contribution in [3.05, 3.63) is 30.3 Å². The molecule has 0 unspecified atom stereocenters. The zero-order valence-corrected chi connectivity index (χ0v) is 14.2. The second-order valence-electron chi connectivity index (χ2n) is 6.05. The third kappa shape index (κ3) is 8.30. The van der Waals surface area contributed by atoms with E-state index in [2.05, 4.69) is 23.8 Å². The Kier molecular flexibility index (Phi) is 9.40. The summed E-state index contributed by atoms with van der Waals surface area (Å²) < 4.78 is 10.3. The van der Waals surface area contributed by atoms with Gasteiger partial charge < -0.3 is 30.6 Å². The summed E-state index contributed by atoms with van der Waals surface area (Å²) in [5.41, 5.74) is 5.40. The van der Waals surface area contributed by atoms with E-state index in [1.807, 2.05) is 30.3 Å². The Balaban J connectivity index is 0.000000277. The molecule has 0 bridgehead atoms. The predicted molar refractivity (Wildman–Crippen MR) is 92.8 cm³/mol. The summed E-state index contributed by atoms with van der Waals surface area (Å²) in [7, 11) is -0.284. The molecule has 7 nitrogen and oxygen atoms in total. The molecule has 1 aromatic rings. The van der Waals surface area contributed by atoms with Gasteiger partial charge in [-0.05, 0) is 24.5 Å². The van der Waals surface area contributed by atoms with Crippen molar-refractivity contribution < 1.29 is 24.3 Å². The minimum atomic E-state index is -0.811. The number of carbonyl (C=O) groups is 1. The summed E-state index contributed by atoms with van der Waals surface area (Å²) in [4.78, 5) is 10.7. The van der Waals surface area contributed by atoms with Crippen molar-refractivity contribution in [2.45, 2.75) is 45.1 Å². The second-order valence-corrected chi connectivity index (χ2v) is 6.05. The van der Waals surface area contributed by atoms with Gasteiger partial charge in [0.15, 0.2) is 0 Å². The van der Waals surface area contributed by atoms with Gasteiger partial charge in [-0.1, -0.05) is 32.0 Å². The monoisotopic (exact) mass is 338 g/mol. The van der Waals surface area contributed by atoms with Crippen molar-refractivity contribution in [3.8, 4) is 5.75 Å². The fourth-order valence-corrected chi connectivity index (χ4v) is 2.30. The van der Waals surface area contributed by atoms with Crippen LogP contribution in [0.3, 0.4) is 0 Å². The number of nitrogens with one attached hydrogen (secondary N) is 1. The molecule has 2 rings (SSSR count). The summed E-state index contributed by atoms with van der Waals surface area (Å²) in [5, 5.41) is 19.9. The van der Waals surface area contributed by atoms with Crippen LogP contribution in [0.5, 0.6) is 5.75 Å². The van der Waals surface area contributed by atoms with Crippen LogP contribution < -0.4 is 15.8 Å². The van der Waals surface area contributed by atoms with Crippen molar-refractivity contribution in [2.75, 3.05) is 6.54 Å². The number of benzene rings is 1. The van der Waals surface area contributed by atoms with Gasteiger partial charge in [0, 0.05) is 13.0 Å². The molecule has 8 heteroatoms. The quantitative estimate of drug-likeness (QED) is 0.422. The minimum absolute atomic E-state index is 0.0477. The minimum Gasteiger partial charge on any atom is -0.489 e. The molecule has 0 aromatic heterocycles. The van der Waals surface area contributed by atoms with Gasteiger partial charge in [0.1, 0.15) is 17.9 Å². The second kappa shape index (κ2) is 11.0. The number of rotatable bonds is 7. The average Bonchev–Trinajstić information content (AvgIpc) is 2.97. The van der Waals surface area contributed by atoms with E-state index in [1.54, 1.807) is 0 Å². The molecule has 3 atom stereocenters. The van der Waals surface area contributed by atoms with Gasteiger partial charge in [-0.3, -0.25) is 4.79 Å². The van der Waals surface area contributed by atoms with Crippen LogP contribution in [0.1, 0.15) is 26.7 Å². The lowest BCUT2D eigenvalue weighted by Crippen LogP contribution is -2.30. The Morgan fingerprint density at radius 1 is 1.42 bits per heavy atom. The summed E-state index contributed by atoms with van der Waals surface area (Å²) >= 11 is 0. The van der Waals surface area contributed by atoms with E-state index in [-0.39, 0.29) is 20.0 Å². The average molecular weight is 338 g/mol. The van der Waals surface area contributed by atoms with Crippen LogP contribution in [0.2, 0.25) is 0 Å². The lowest BCUT2D eigenvalue weighted by Gasteiger charge is -2.12. The first-order valence-electron chi connectivity index (χ1n) is 8.08. The normalized spacial score (nSPS) is 20.9. The molecule has 1 saturated heterocycles. The maximum Gasteiger partial charge on any atom is 0.436 e. The Hall–Kier alpha value is -1.61. The van der Waals surface area contributed by atoms with E-state index < -0.39 is 12.0 Å². The molecule has 1 fully saturated rings. The molecule has 1 heterocycles. The Labute approximate surface area is 143 Å². The van der Waals surface area contributed by atoms with Crippen molar-refractivity contribution in [2.24, 2.45) is 11.7 Å². The van der Waals surface area contributed by atoms with Crippen LogP contribution in [0, 0.1) is 5.92 Å². The van der Waals surface area contributed by atoms with E-state index in [0.717, 1.165) is 12.2 Å². The maximum atomic E-state index is 10.7. The van der Waals surface area contributed by atoms with Crippen molar-refractivity contribution in [1.82, 2.24) is 5.32 Å². The van der Waals surface area contributed by atoms with Gasteiger partial charge >= 0.3 is 13.7 Å². The highest BCUT2D eigenvalue weighted by atomic mass is 16.5. The van der Waals surface area contributed by atoms with Gasteiger partial charge in [0.05, 0.1) is 6.23 Å². The topological polar surface area (TPSA) is 114 Å². The highest BCUT2D eigenvalue weighted by Gasteiger charge is 2.30. The molecular weight excluding hydrogens is 311 g/mol. The summed E-state index contributed by atoms with van der Waals surface area (Å²) in [6.07, 6.45) is 0.952. The third-order valence-corrected chi connectivity index (χ3v) is 3.43. The molecule has 0 spiro atoms. The van der Waals surface area contributed by atoms with Gasteiger partial charge in [0.2, 0.25) is 0 Å². The smallest absolute Gasteiger partial charge is 0.436 e. The molecule has 0 aliphatic carbocycles. The first-order valence-corrected chi connectivity index (χ1v) is 8.08. The first-order chi connectivity index (χ1) is 11.4. The van der Waals surface area contributed by atoms with E-state index in [4.69, 9.17) is 20.6 Å². The number of carboxylic acid groups (broad SMARTS) is 1. The lowest BCUT2D eigenvalue weighted by molar-refractivity contribution is -0.139. The van der Waals surface area contributed by atoms with Crippen LogP contribution in [0.4, 0.5) is 0 Å². The van der Waals surface area contributed by atoms with Gasteiger partial charge in [0.25, 0.3) is 0 Å². The fraction of sp³-hybridized carbons (Fsp3) is 0.562. The van der Waals surface area contributed by atoms with Crippen molar-refractivity contribution in [1.29, 1.82) is 0 Å². The number of carboxylic acids is 1. The van der Waals surface area contributed by atoms with Gasteiger partial charge in [-0.2, -0.15) is 0 Å². The summed E-state index contributed by atoms with van der Waals surface area (Å²) in [6, 6.07) is 8.97. The molecule has 1 aromatic carbocycles. The largest absolute Gasteiger partial charge is 0.489 e. The van der Waals surface area contributed by atoms with Crippen LogP contribution in [-0.2, 0) is 9.45 Å². The summed E-state index contributed by atoms with van der Waals surface area (Å²) in [6.45, 7) is 4.70. The van der Waals surface area contributed by atoms with Crippen LogP contribution >= 0.6 is 0 Å². The van der Waals surface area contributed by atoms with Gasteiger partial charge in [-0.25, -0.2) is 0 Å². The number of aliphatic carboxylic acids is 1. The van der Waals surface area contributed by atoms with Crippen LogP contribution in [-0.4, -0.2) is 48.7 Å². The zero-order valence-electron chi connectivity index (χ0n) is 14.2. The number of para-hydroxylation sites is 1. The zero-order chi connectivity index (χ0) is 17.9. The highest BCUT2D eigenvalue weighted by Crippen LogP contribution is 2.16. The number of hydrogen-bond donors (Lipinski definition) is 4. The molecular formula is C16H27BN2O5. The van der Waals surface area contributed by atoms with E-state index in [1.165, 1.54) is 0 Å². The van der Waals surface area contributed by atoms with Crippen molar-refractivity contribution >= 4 is 13.7 Å². The number of ether oxygens (including phenoxy) is 1. The van der Waals surface area contributed by atoms with Crippen LogP contribution in [0.15, 0.2) is 30.3 Å². The third-order valence-electron chi connectivity index (χ3n) is 3.43. The first kappa shape index (κ1) is 20.4. The Morgan fingerprint density at radius 2 is 2.08 bits per heavy atom. The Bertz CT molecular complexity index is 475. The molecule has 0 saturated carbocycles. The molecule has 5 N–H and O–H groups in total. The maximum absolute atomic E-state index is 10.7. The van der Waals surface area contributed by atoms with E-state index in [9.17, 15) is 4.79 Å². The predicted octanol–water partition coefficient (Wildman–Crippen LogP) is 0.473. The van der Waals surface area contributed by atoms with E-state index >= 15 is 0 Å². The molecule has 1 aliphatic rings. The molecule has 134 valence electrons. The molecule has 24 heavy (non-hydrogen) atoms. The molecule has 0 radical (unpaired) electrons. The molecule has 0 amide bonds. The SMILES string of the molecule is CC(C)C[C@H](N)OBO.O=C(O)[C@@H]1C[C@@H](Oc2ccccc2)CN1.